The minimum absolute atomic E-state index is 0.0515. The maximum absolute atomic E-state index is 12.1. The fourth-order valence-corrected chi connectivity index (χ4v) is 1.81. The van der Waals surface area contributed by atoms with Gasteiger partial charge in [0.25, 0.3) is 0 Å². The smallest absolute Gasteiger partial charge is 0.226 e. The van der Waals surface area contributed by atoms with E-state index in [1.54, 1.807) is 0 Å². The van der Waals surface area contributed by atoms with E-state index in [2.05, 4.69) is 5.92 Å². The number of rotatable bonds is 7. The lowest BCUT2D eigenvalue weighted by Gasteiger charge is -2.23. The highest BCUT2D eigenvalue weighted by atomic mass is 16.2. The number of terminal acetylenes is 1. The van der Waals surface area contributed by atoms with Crippen molar-refractivity contribution in [2.75, 3.05) is 19.6 Å². The fourth-order valence-electron chi connectivity index (χ4n) is 1.81. The largest absolute Gasteiger partial charge is 0.331 e. The highest BCUT2D eigenvalue weighted by Crippen LogP contribution is 2.30. The van der Waals surface area contributed by atoms with Gasteiger partial charge in [0.1, 0.15) is 0 Å². The molecule has 2 N–H and O–H groups in total. The SMILES string of the molecule is C#CCN(CC1CC1)C(=O)C(C)CCCN. The zero-order chi connectivity index (χ0) is 12.0. The van der Waals surface area contributed by atoms with Crippen LogP contribution in [0.3, 0.4) is 0 Å². The van der Waals surface area contributed by atoms with Gasteiger partial charge in [0.2, 0.25) is 5.91 Å². The monoisotopic (exact) mass is 222 g/mol. The van der Waals surface area contributed by atoms with E-state index in [9.17, 15) is 4.79 Å². The van der Waals surface area contributed by atoms with Gasteiger partial charge in [0.15, 0.2) is 0 Å². The Morgan fingerprint density at radius 2 is 2.31 bits per heavy atom. The molecule has 0 bridgehead atoms. The van der Waals surface area contributed by atoms with Gasteiger partial charge in [-0.05, 0) is 38.1 Å². The Hall–Kier alpha value is -1.01. The van der Waals surface area contributed by atoms with Crippen molar-refractivity contribution in [3.05, 3.63) is 0 Å². The van der Waals surface area contributed by atoms with Crippen molar-refractivity contribution in [3.63, 3.8) is 0 Å². The maximum atomic E-state index is 12.1. The van der Waals surface area contributed by atoms with E-state index in [-0.39, 0.29) is 11.8 Å². The molecular weight excluding hydrogens is 200 g/mol. The molecule has 0 spiro atoms. The summed E-state index contributed by atoms with van der Waals surface area (Å²) in [5.41, 5.74) is 5.45. The highest BCUT2D eigenvalue weighted by Gasteiger charge is 2.28. The van der Waals surface area contributed by atoms with Crippen molar-refractivity contribution in [1.29, 1.82) is 0 Å². The van der Waals surface area contributed by atoms with Gasteiger partial charge in [0.05, 0.1) is 6.54 Å². The van der Waals surface area contributed by atoms with Gasteiger partial charge >= 0.3 is 0 Å². The van der Waals surface area contributed by atoms with Crippen molar-refractivity contribution in [2.45, 2.75) is 32.6 Å². The molecule has 1 unspecified atom stereocenters. The van der Waals surface area contributed by atoms with Crippen molar-refractivity contribution in [1.82, 2.24) is 4.90 Å². The summed E-state index contributed by atoms with van der Waals surface area (Å²) in [5, 5.41) is 0. The Labute approximate surface area is 98.4 Å². The van der Waals surface area contributed by atoms with Gasteiger partial charge in [-0.3, -0.25) is 4.79 Å². The zero-order valence-corrected chi connectivity index (χ0v) is 10.1. The third kappa shape index (κ3) is 4.24. The molecule has 16 heavy (non-hydrogen) atoms. The topological polar surface area (TPSA) is 46.3 Å². The summed E-state index contributed by atoms with van der Waals surface area (Å²) in [5.74, 6) is 3.51. The van der Waals surface area contributed by atoms with E-state index in [0.29, 0.717) is 19.0 Å². The number of carbonyl (C=O) groups is 1. The maximum Gasteiger partial charge on any atom is 0.226 e. The van der Waals surface area contributed by atoms with Crippen LogP contribution in [0.25, 0.3) is 0 Å². The second kappa shape index (κ2) is 6.55. The fraction of sp³-hybridized carbons (Fsp3) is 0.769. The van der Waals surface area contributed by atoms with E-state index in [4.69, 9.17) is 12.2 Å². The average Bonchev–Trinajstić information content (AvgIpc) is 3.08. The number of carbonyl (C=O) groups excluding carboxylic acids is 1. The molecule has 0 saturated heterocycles. The summed E-state index contributed by atoms with van der Waals surface area (Å²) in [4.78, 5) is 13.9. The Morgan fingerprint density at radius 1 is 1.62 bits per heavy atom. The molecule has 1 fully saturated rings. The van der Waals surface area contributed by atoms with Crippen molar-refractivity contribution in [2.24, 2.45) is 17.6 Å². The minimum Gasteiger partial charge on any atom is -0.331 e. The lowest BCUT2D eigenvalue weighted by Crippen LogP contribution is -2.37. The summed E-state index contributed by atoms with van der Waals surface area (Å²) >= 11 is 0. The van der Waals surface area contributed by atoms with Gasteiger partial charge in [-0.15, -0.1) is 6.42 Å². The molecule has 3 heteroatoms. The summed E-state index contributed by atoms with van der Waals surface area (Å²) in [6.45, 7) is 3.90. The number of nitrogens with zero attached hydrogens (tertiary/aromatic N) is 1. The quantitative estimate of drug-likeness (QED) is 0.659. The number of nitrogens with two attached hydrogens (primary N) is 1. The number of amides is 1. The first-order chi connectivity index (χ1) is 7.69. The van der Waals surface area contributed by atoms with Gasteiger partial charge in [-0.2, -0.15) is 0 Å². The lowest BCUT2D eigenvalue weighted by molar-refractivity contribution is -0.134. The molecule has 0 heterocycles. The summed E-state index contributed by atoms with van der Waals surface area (Å²) in [6, 6.07) is 0. The lowest BCUT2D eigenvalue weighted by atomic mass is 10.0. The van der Waals surface area contributed by atoms with Gasteiger partial charge in [0, 0.05) is 12.5 Å². The van der Waals surface area contributed by atoms with Crippen LogP contribution in [0.2, 0.25) is 0 Å². The molecule has 1 aliphatic rings. The summed E-state index contributed by atoms with van der Waals surface area (Å²) in [6.07, 6.45) is 9.55. The Morgan fingerprint density at radius 3 is 2.81 bits per heavy atom. The van der Waals surface area contributed by atoms with Gasteiger partial charge in [-0.25, -0.2) is 0 Å². The molecule has 1 rings (SSSR count). The van der Waals surface area contributed by atoms with E-state index in [0.717, 1.165) is 19.4 Å². The molecule has 0 radical (unpaired) electrons. The standard InChI is InChI=1S/C13H22N2O/c1-3-9-15(10-12-6-7-12)13(16)11(2)5-4-8-14/h1,11-12H,4-10,14H2,2H3. The molecule has 1 atom stereocenters. The van der Waals surface area contributed by atoms with Gasteiger partial charge in [-0.1, -0.05) is 12.8 Å². The first-order valence-corrected chi connectivity index (χ1v) is 6.11. The zero-order valence-electron chi connectivity index (χ0n) is 10.1. The van der Waals surface area contributed by atoms with Crippen LogP contribution >= 0.6 is 0 Å². The van der Waals surface area contributed by atoms with Crippen molar-refractivity contribution < 1.29 is 4.79 Å². The molecule has 1 saturated carbocycles. The molecule has 0 aromatic rings. The average molecular weight is 222 g/mol. The van der Waals surface area contributed by atoms with Crippen LogP contribution in [-0.4, -0.2) is 30.4 Å². The molecular formula is C13H22N2O. The summed E-state index contributed by atoms with van der Waals surface area (Å²) < 4.78 is 0. The van der Waals surface area contributed by atoms with Crippen LogP contribution in [0, 0.1) is 24.2 Å². The molecule has 0 aromatic heterocycles. The van der Waals surface area contributed by atoms with Crippen LogP contribution in [-0.2, 0) is 4.79 Å². The Kier molecular flexibility index (Phi) is 5.34. The predicted octanol–water partition coefficient (Wildman–Crippen LogP) is 1.23. The van der Waals surface area contributed by atoms with Crippen LogP contribution in [0.1, 0.15) is 32.6 Å². The van der Waals surface area contributed by atoms with Crippen molar-refractivity contribution in [3.8, 4) is 12.3 Å². The van der Waals surface area contributed by atoms with Crippen molar-refractivity contribution >= 4 is 5.91 Å². The molecule has 90 valence electrons. The number of hydrogen-bond donors (Lipinski definition) is 1. The first-order valence-electron chi connectivity index (χ1n) is 6.11. The minimum atomic E-state index is 0.0515. The van der Waals surface area contributed by atoms with E-state index >= 15 is 0 Å². The molecule has 1 aliphatic carbocycles. The molecule has 0 aliphatic heterocycles. The number of hydrogen-bond acceptors (Lipinski definition) is 2. The molecule has 3 nitrogen and oxygen atoms in total. The first kappa shape index (κ1) is 13.1. The predicted molar refractivity (Wildman–Crippen MR) is 65.6 cm³/mol. The van der Waals surface area contributed by atoms with Crippen LogP contribution in [0.5, 0.6) is 0 Å². The highest BCUT2D eigenvalue weighted by molar-refractivity contribution is 5.78. The van der Waals surface area contributed by atoms with Crippen LogP contribution in [0.15, 0.2) is 0 Å². The van der Waals surface area contributed by atoms with Crippen LogP contribution < -0.4 is 5.73 Å². The normalized spacial score (nSPS) is 16.6. The third-order valence-electron chi connectivity index (χ3n) is 3.03. The van der Waals surface area contributed by atoms with E-state index in [1.807, 2.05) is 11.8 Å². The second-order valence-corrected chi connectivity index (χ2v) is 4.70. The van der Waals surface area contributed by atoms with Gasteiger partial charge < -0.3 is 10.6 Å². The van der Waals surface area contributed by atoms with Crippen LogP contribution in [0.4, 0.5) is 0 Å². The summed E-state index contributed by atoms with van der Waals surface area (Å²) in [7, 11) is 0. The van der Waals surface area contributed by atoms with E-state index < -0.39 is 0 Å². The molecule has 0 aromatic carbocycles. The Balaban J connectivity index is 2.41. The van der Waals surface area contributed by atoms with E-state index in [1.165, 1.54) is 12.8 Å². The Bertz CT molecular complexity index is 266. The second-order valence-electron chi connectivity index (χ2n) is 4.70. The third-order valence-corrected chi connectivity index (χ3v) is 3.03. The molecule has 1 amide bonds.